The molecule has 0 atom stereocenters. The second kappa shape index (κ2) is 5.72. The van der Waals surface area contributed by atoms with Crippen LogP contribution >= 0.6 is 27.5 Å². The summed E-state index contributed by atoms with van der Waals surface area (Å²) < 4.78 is 5.83. The first-order valence-electron chi connectivity index (χ1n) is 5.54. The summed E-state index contributed by atoms with van der Waals surface area (Å²) in [6.07, 6.45) is 1.21. The van der Waals surface area contributed by atoms with E-state index in [-0.39, 0.29) is 18.0 Å². The van der Waals surface area contributed by atoms with Crippen LogP contribution in [-0.2, 0) is 0 Å². The lowest BCUT2D eigenvalue weighted by atomic mass is 10.0. The predicted molar refractivity (Wildman–Crippen MR) is 75.9 cm³/mol. The summed E-state index contributed by atoms with van der Waals surface area (Å²) in [4.78, 5) is 24.0. The van der Waals surface area contributed by atoms with E-state index in [0.29, 0.717) is 21.9 Å². The van der Waals surface area contributed by atoms with Crippen molar-refractivity contribution < 1.29 is 14.0 Å². The van der Waals surface area contributed by atoms with Gasteiger partial charge in [0.15, 0.2) is 11.6 Å². The first kappa shape index (κ1) is 14.0. The average molecular weight is 342 g/mol. The summed E-state index contributed by atoms with van der Waals surface area (Å²) in [7, 11) is 0. The van der Waals surface area contributed by atoms with Crippen molar-refractivity contribution in [1.29, 1.82) is 0 Å². The lowest BCUT2D eigenvalue weighted by molar-refractivity contribution is 0.0893. The standard InChI is InChI=1S/C14H10BrClO3/c1-8-10(4-5-19-8)13(17)7-14(18)11-3-2-9(15)6-12(11)16/h2-6H,7H2,1H3. The van der Waals surface area contributed by atoms with Crippen LogP contribution in [0.15, 0.2) is 39.4 Å². The summed E-state index contributed by atoms with van der Waals surface area (Å²) in [6, 6.07) is 6.51. The second-order valence-corrected chi connectivity index (χ2v) is 5.36. The molecule has 3 nitrogen and oxygen atoms in total. The van der Waals surface area contributed by atoms with Gasteiger partial charge in [-0.15, -0.1) is 0 Å². The van der Waals surface area contributed by atoms with Crippen LogP contribution in [0.25, 0.3) is 0 Å². The lowest BCUT2D eigenvalue weighted by Gasteiger charge is -2.03. The molecular weight excluding hydrogens is 332 g/mol. The van der Waals surface area contributed by atoms with E-state index in [1.807, 2.05) is 0 Å². The zero-order valence-corrected chi connectivity index (χ0v) is 12.4. The number of furan rings is 1. The van der Waals surface area contributed by atoms with Gasteiger partial charge in [-0.1, -0.05) is 27.5 Å². The van der Waals surface area contributed by atoms with Gasteiger partial charge in [0.1, 0.15) is 5.76 Å². The summed E-state index contributed by atoms with van der Waals surface area (Å²) in [5.41, 5.74) is 0.779. The van der Waals surface area contributed by atoms with E-state index < -0.39 is 0 Å². The molecule has 2 rings (SSSR count). The Balaban J connectivity index is 2.18. The molecule has 98 valence electrons. The maximum Gasteiger partial charge on any atom is 0.174 e. The summed E-state index contributed by atoms with van der Waals surface area (Å²) in [6.45, 7) is 1.68. The Labute approximate surface area is 123 Å². The molecule has 19 heavy (non-hydrogen) atoms. The van der Waals surface area contributed by atoms with Gasteiger partial charge in [0.05, 0.1) is 23.3 Å². The number of hydrogen-bond donors (Lipinski definition) is 0. The normalized spacial score (nSPS) is 10.5. The number of hydrogen-bond acceptors (Lipinski definition) is 3. The zero-order chi connectivity index (χ0) is 14.0. The Kier molecular flexibility index (Phi) is 4.22. The van der Waals surface area contributed by atoms with E-state index in [1.165, 1.54) is 6.26 Å². The third-order valence-electron chi connectivity index (χ3n) is 2.71. The Morgan fingerprint density at radius 1 is 1.21 bits per heavy atom. The quantitative estimate of drug-likeness (QED) is 0.609. The molecule has 2 aromatic rings. The van der Waals surface area contributed by atoms with Crippen LogP contribution in [0.2, 0.25) is 5.02 Å². The van der Waals surface area contributed by atoms with Crippen LogP contribution in [0, 0.1) is 6.92 Å². The molecule has 0 N–H and O–H groups in total. The van der Waals surface area contributed by atoms with Crippen molar-refractivity contribution in [2.75, 3.05) is 0 Å². The van der Waals surface area contributed by atoms with Crippen LogP contribution in [0.3, 0.4) is 0 Å². The first-order valence-corrected chi connectivity index (χ1v) is 6.71. The molecule has 0 saturated carbocycles. The van der Waals surface area contributed by atoms with Crippen LogP contribution in [0.4, 0.5) is 0 Å². The van der Waals surface area contributed by atoms with Crippen molar-refractivity contribution in [2.45, 2.75) is 13.3 Å². The van der Waals surface area contributed by atoms with Gasteiger partial charge in [0.25, 0.3) is 0 Å². The highest BCUT2D eigenvalue weighted by molar-refractivity contribution is 9.10. The highest BCUT2D eigenvalue weighted by atomic mass is 79.9. The smallest absolute Gasteiger partial charge is 0.174 e. The maximum absolute atomic E-state index is 12.0. The third-order valence-corrected chi connectivity index (χ3v) is 3.52. The van der Waals surface area contributed by atoms with E-state index in [0.717, 1.165) is 4.47 Å². The molecule has 0 bridgehead atoms. The number of halogens is 2. The highest BCUT2D eigenvalue weighted by Crippen LogP contribution is 2.23. The molecule has 1 aromatic carbocycles. The predicted octanol–water partition coefficient (Wildman–Crippen LogP) is 4.46. The number of carbonyl (C=O) groups is 2. The third kappa shape index (κ3) is 3.14. The van der Waals surface area contributed by atoms with Gasteiger partial charge in [-0.25, -0.2) is 0 Å². The van der Waals surface area contributed by atoms with Crippen molar-refractivity contribution in [3.8, 4) is 0 Å². The van der Waals surface area contributed by atoms with E-state index in [4.69, 9.17) is 16.0 Å². The van der Waals surface area contributed by atoms with Crippen LogP contribution < -0.4 is 0 Å². The van der Waals surface area contributed by atoms with Crippen molar-refractivity contribution in [3.63, 3.8) is 0 Å². The lowest BCUT2D eigenvalue weighted by Crippen LogP contribution is -2.09. The van der Waals surface area contributed by atoms with Crippen molar-refractivity contribution >= 4 is 39.1 Å². The molecule has 0 amide bonds. The summed E-state index contributed by atoms with van der Waals surface area (Å²) >= 11 is 9.25. The topological polar surface area (TPSA) is 47.3 Å². The number of rotatable bonds is 4. The Morgan fingerprint density at radius 3 is 2.47 bits per heavy atom. The van der Waals surface area contributed by atoms with Gasteiger partial charge in [-0.05, 0) is 31.2 Å². The molecule has 0 unspecified atom stereocenters. The largest absolute Gasteiger partial charge is 0.469 e. The number of Topliss-reactive ketones (excluding diaryl/α,β-unsaturated/α-hetero) is 2. The molecule has 0 fully saturated rings. The minimum Gasteiger partial charge on any atom is -0.469 e. The first-order chi connectivity index (χ1) is 8.99. The molecule has 0 aliphatic carbocycles. The van der Waals surface area contributed by atoms with Crippen molar-refractivity contribution in [1.82, 2.24) is 0 Å². The SMILES string of the molecule is Cc1occc1C(=O)CC(=O)c1ccc(Br)cc1Cl. The molecular formula is C14H10BrClO3. The fourth-order valence-electron chi connectivity index (χ4n) is 1.73. The fourth-order valence-corrected chi connectivity index (χ4v) is 2.50. The maximum atomic E-state index is 12.0. The Hall–Kier alpha value is -1.39. The van der Waals surface area contributed by atoms with Gasteiger partial charge in [-0.2, -0.15) is 0 Å². The minimum absolute atomic E-state index is 0.221. The molecule has 5 heteroatoms. The zero-order valence-electron chi connectivity index (χ0n) is 10.1. The molecule has 0 aliphatic rings. The fraction of sp³-hybridized carbons (Fsp3) is 0.143. The Morgan fingerprint density at radius 2 is 1.89 bits per heavy atom. The van der Waals surface area contributed by atoms with Gasteiger partial charge >= 0.3 is 0 Å². The van der Waals surface area contributed by atoms with Crippen molar-refractivity contribution in [3.05, 3.63) is 56.9 Å². The molecule has 0 saturated heterocycles. The van der Waals surface area contributed by atoms with Crippen LogP contribution in [-0.4, -0.2) is 11.6 Å². The number of ketones is 2. The van der Waals surface area contributed by atoms with Gasteiger partial charge in [0, 0.05) is 10.0 Å². The van der Waals surface area contributed by atoms with E-state index in [1.54, 1.807) is 31.2 Å². The summed E-state index contributed by atoms with van der Waals surface area (Å²) in [5, 5.41) is 0.330. The second-order valence-electron chi connectivity index (χ2n) is 4.04. The molecule has 1 heterocycles. The molecule has 0 radical (unpaired) electrons. The Bertz CT molecular complexity index is 646. The van der Waals surface area contributed by atoms with E-state index in [2.05, 4.69) is 15.9 Å². The highest BCUT2D eigenvalue weighted by Gasteiger charge is 2.18. The molecule has 0 aliphatic heterocycles. The monoisotopic (exact) mass is 340 g/mol. The van der Waals surface area contributed by atoms with Gasteiger partial charge in [0.2, 0.25) is 0 Å². The number of benzene rings is 1. The number of aryl methyl sites for hydroxylation is 1. The summed E-state index contributed by atoms with van der Waals surface area (Å²) in [5.74, 6) is -0.0574. The van der Waals surface area contributed by atoms with Crippen molar-refractivity contribution in [2.24, 2.45) is 0 Å². The minimum atomic E-state index is -0.303. The van der Waals surface area contributed by atoms with Crippen LogP contribution in [0.5, 0.6) is 0 Å². The van der Waals surface area contributed by atoms with Gasteiger partial charge in [-0.3, -0.25) is 9.59 Å². The number of carbonyl (C=O) groups excluding carboxylic acids is 2. The van der Waals surface area contributed by atoms with E-state index >= 15 is 0 Å². The molecule has 1 aromatic heterocycles. The van der Waals surface area contributed by atoms with Crippen LogP contribution in [0.1, 0.15) is 32.9 Å². The van der Waals surface area contributed by atoms with E-state index in [9.17, 15) is 9.59 Å². The average Bonchev–Trinajstić information content (AvgIpc) is 2.75. The molecule has 0 spiro atoms. The van der Waals surface area contributed by atoms with Gasteiger partial charge < -0.3 is 4.42 Å².